The van der Waals surface area contributed by atoms with Crippen LogP contribution in [-0.2, 0) is 10.0 Å². The fourth-order valence-corrected chi connectivity index (χ4v) is 2.96. The Balaban J connectivity index is 2.27. The van der Waals surface area contributed by atoms with Gasteiger partial charge in [0.15, 0.2) is 0 Å². The molecule has 0 bridgehead atoms. The quantitative estimate of drug-likeness (QED) is 0.832. The Labute approximate surface area is 124 Å². The molecule has 0 fully saturated rings. The Kier molecular flexibility index (Phi) is 4.37. The highest BCUT2D eigenvalue weighted by Gasteiger charge is 2.15. The SMILES string of the molecule is CCOc1ccc(S(=O)(=O)Nc2cc(N)ccc2C)cc1. The molecule has 0 atom stereocenters. The van der Waals surface area contributed by atoms with Gasteiger partial charge in [0.2, 0.25) is 0 Å². The maximum absolute atomic E-state index is 12.3. The van der Waals surface area contributed by atoms with Crippen molar-refractivity contribution in [2.75, 3.05) is 17.1 Å². The number of anilines is 2. The molecule has 2 rings (SSSR count). The first-order chi connectivity index (χ1) is 9.92. The molecule has 0 unspecified atom stereocenters. The smallest absolute Gasteiger partial charge is 0.261 e. The number of hydrogen-bond acceptors (Lipinski definition) is 4. The largest absolute Gasteiger partial charge is 0.494 e. The van der Waals surface area contributed by atoms with Gasteiger partial charge in [-0.1, -0.05) is 6.07 Å². The molecule has 2 aromatic carbocycles. The Hall–Kier alpha value is -2.21. The number of aryl methyl sites for hydroxylation is 1. The van der Waals surface area contributed by atoms with Gasteiger partial charge in [0.05, 0.1) is 17.2 Å². The average Bonchev–Trinajstić information content (AvgIpc) is 2.44. The fraction of sp³-hybridized carbons (Fsp3) is 0.200. The second kappa shape index (κ2) is 6.05. The lowest BCUT2D eigenvalue weighted by atomic mass is 10.2. The van der Waals surface area contributed by atoms with Gasteiger partial charge >= 0.3 is 0 Å². The van der Waals surface area contributed by atoms with E-state index in [9.17, 15) is 8.42 Å². The molecule has 6 heteroatoms. The van der Waals surface area contributed by atoms with Crippen LogP contribution in [0.5, 0.6) is 5.75 Å². The number of nitrogen functional groups attached to an aromatic ring is 1. The van der Waals surface area contributed by atoms with E-state index >= 15 is 0 Å². The molecule has 0 radical (unpaired) electrons. The Bertz CT molecular complexity index is 725. The van der Waals surface area contributed by atoms with Crippen LogP contribution in [0.25, 0.3) is 0 Å². The summed E-state index contributed by atoms with van der Waals surface area (Å²) in [5, 5.41) is 0. The average molecular weight is 306 g/mol. The molecule has 21 heavy (non-hydrogen) atoms. The summed E-state index contributed by atoms with van der Waals surface area (Å²) in [4.78, 5) is 0.174. The Morgan fingerprint density at radius 3 is 2.43 bits per heavy atom. The topological polar surface area (TPSA) is 81.4 Å². The summed E-state index contributed by atoms with van der Waals surface area (Å²) in [5.41, 5.74) is 7.47. The standard InChI is InChI=1S/C15H18N2O3S/c1-3-20-13-6-8-14(9-7-13)21(18,19)17-15-10-12(16)5-4-11(15)2/h4-10,17H,3,16H2,1-2H3. The van der Waals surface area contributed by atoms with Gasteiger partial charge < -0.3 is 10.5 Å². The monoisotopic (exact) mass is 306 g/mol. The maximum Gasteiger partial charge on any atom is 0.261 e. The summed E-state index contributed by atoms with van der Waals surface area (Å²) in [5.74, 6) is 0.636. The van der Waals surface area contributed by atoms with Crippen LogP contribution < -0.4 is 15.2 Å². The predicted octanol–water partition coefficient (Wildman–Crippen LogP) is 2.78. The molecule has 112 valence electrons. The number of nitrogens with one attached hydrogen (secondary N) is 1. The summed E-state index contributed by atoms with van der Waals surface area (Å²) in [6.45, 7) is 4.22. The van der Waals surface area contributed by atoms with Gasteiger partial charge in [-0.2, -0.15) is 0 Å². The molecule has 0 heterocycles. The maximum atomic E-state index is 12.3. The lowest BCUT2D eigenvalue weighted by Gasteiger charge is -2.11. The van der Waals surface area contributed by atoms with E-state index in [0.29, 0.717) is 23.7 Å². The minimum absolute atomic E-state index is 0.174. The van der Waals surface area contributed by atoms with Crippen molar-refractivity contribution in [2.45, 2.75) is 18.7 Å². The zero-order valence-electron chi connectivity index (χ0n) is 12.0. The zero-order valence-corrected chi connectivity index (χ0v) is 12.8. The molecule has 0 aliphatic rings. The first-order valence-electron chi connectivity index (χ1n) is 6.54. The van der Waals surface area contributed by atoms with Gasteiger partial charge in [-0.15, -0.1) is 0 Å². The van der Waals surface area contributed by atoms with Crippen molar-refractivity contribution in [1.29, 1.82) is 0 Å². The van der Waals surface area contributed by atoms with E-state index in [-0.39, 0.29) is 4.90 Å². The molecule has 3 N–H and O–H groups in total. The second-order valence-electron chi connectivity index (χ2n) is 4.58. The summed E-state index contributed by atoms with van der Waals surface area (Å²) in [6, 6.07) is 11.4. The van der Waals surface area contributed by atoms with Gasteiger partial charge in [-0.3, -0.25) is 4.72 Å². The second-order valence-corrected chi connectivity index (χ2v) is 6.27. The van der Waals surface area contributed by atoms with Crippen molar-refractivity contribution in [1.82, 2.24) is 0 Å². The van der Waals surface area contributed by atoms with Crippen LogP contribution in [0.3, 0.4) is 0 Å². The van der Waals surface area contributed by atoms with Crippen molar-refractivity contribution >= 4 is 21.4 Å². The molecule has 5 nitrogen and oxygen atoms in total. The Morgan fingerprint density at radius 2 is 1.81 bits per heavy atom. The lowest BCUT2D eigenvalue weighted by Crippen LogP contribution is -2.14. The van der Waals surface area contributed by atoms with E-state index < -0.39 is 10.0 Å². The van der Waals surface area contributed by atoms with E-state index in [1.807, 2.05) is 13.8 Å². The molecular weight excluding hydrogens is 288 g/mol. The number of hydrogen-bond donors (Lipinski definition) is 2. The highest BCUT2D eigenvalue weighted by atomic mass is 32.2. The van der Waals surface area contributed by atoms with E-state index in [1.165, 1.54) is 12.1 Å². The van der Waals surface area contributed by atoms with Crippen LogP contribution in [0.4, 0.5) is 11.4 Å². The van der Waals surface area contributed by atoms with Crippen molar-refractivity contribution in [3.8, 4) is 5.75 Å². The van der Waals surface area contributed by atoms with Crippen molar-refractivity contribution in [3.63, 3.8) is 0 Å². The van der Waals surface area contributed by atoms with E-state index in [2.05, 4.69) is 4.72 Å². The molecule has 2 aromatic rings. The minimum atomic E-state index is -3.65. The van der Waals surface area contributed by atoms with Crippen LogP contribution in [0.2, 0.25) is 0 Å². The first kappa shape index (κ1) is 15.2. The lowest BCUT2D eigenvalue weighted by molar-refractivity contribution is 0.340. The van der Waals surface area contributed by atoms with Crippen molar-refractivity contribution < 1.29 is 13.2 Å². The van der Waals surface area contributed by atoms with Crippen LogP contribution in [-0.4, -0.2) is 15.0 Å². The van der Waals surface area contributed by atoms with Crippen molar-refractivity contribution in [2.24, 2.45) is 0 Å². The van der Waals surface area contributed by atoms with Gasteiger partial charge in [0, 0.05) is 5.69 Å². The highest BCUT2D eigenvalue weighted by molar-refractivity contribution is 7.92. The Morgan fingerprint density at radius 1 is 1.14 bits per heavy atom. The molecule has 0 aliphatic carbocycles. The zero-order chi connectivity index (χ0) is 15.5. The predicted molar refractivity (Wildman–Crippen MR) is 84.0 cm³/mol. The van der Waals surface area contributed by atoms with E-state index in [0.717, 1.165) is 5.56 Å². The highest BCUT2D eigenvalue weighted by Crippen LogP contribution is 2.23. The third-order valence-corrected chi connectivity index (χ3v) is 4.33. The normalized spacial score (nSPS) is 11.1. The molecule has 0 aliphatic heterocycles. The third kappa shape index (κ3) is 3.66. The fourth-order valence-electron chi connectivity index (χ4n) is 1.83. The third-order valence-electron chi connectivity index (χ3n) is 2.95. The summed E-state index contributed by atoms with van der Waals surface area (Å²) < 4.78 is 32.5. The molecule has 0 saturated heterocycles. The molecule has 0 spiro atoms. The molecule has 0 amide bonds. The number of benzene rings is 2. The van der Waals surface area contributed by atoms with Crippen LogP contribution >= 0.6 is 0 Å². The number of sulfonamides is 1. The number of rotatable bonds is 5. The molecular formula is C15H18N2O3S. The van der Waals surface area contributed by atoms with Gasteiger partial charge in [0.25, 0.3) is 10.0 Å². The van der Waals surface area contributed by atoms with Gasteiger partial charge in [0.1, 0.15) is 5.75 Å². The van der Waals surface area contributed by atoms with Gasteiger partial charge in [-0.25, -0.2) is 8.42 Å². The number of nitrogens with two attached hydrogens (primary N) is 1. The van der Waals surface area contributed by atoms with Crippen LogP contribution in [0.15, 0.2) is 47.4 Å². The van der Waals surface area contributed by atoms with E-state index in [4.69, 9.17) is 10.5 Å². The summed E-state index contributed by atoms with van der Waals surface area (Å²) >= 11 is 0. The molecule has 0 saturated carbocycles. The molecule has 0 aromatic heterocycles. The number of ether oxygens (including phenoxy) is 1. The van der Waals surface area contributed by atoms with Crippen LogP contribution in [0, 0.1) is 6.92 Å². The summed E-state index contributed by atoms with van der Waals surface area (Å²) in [6.07, 6.45) is 0. The first-order valence-corrected chi connectivity index (χ1v) is 8.02. The minimum Gasteiger partial charge on any atom is -0.494 e. The van der Waals surface area contributed by atoms with Gasteiger partial charge in [-0.05, 0) is 55.8 Å². The van der Waals surface area contributed by atoms with Crippen molar-refractivity contribution in [3.05, 3.63) is 48.0 Å². The summed E-state index contributed by atoms with van der Waals surface area (Å²) in [7, 11) is -3.65. The van der Waals surface area contributed by atoms with E-state index in [1.54, 1.807) is 30.3 Å². The van der Waals surface area contributed by atoms with Crippen LogP contribution in [0.1, 0.15) is 12.5 Å².